The first kappa shape index (κ1) is 11.3. The van der Waals surface area contributed by atoms with Crippen LogP contribution in [-0.4, -0.2) is 6.29 Å². The molecule has 1 heterocycles. The summed E-state index contributed by atoms with van der Waals surface area (Å²) in [5, 5.41) is 1.66. The molecule has 0 fully saturated rings. The van der Waals surface area contributed by atoms with Crippen LogP contribution in [0.15, 0.2) is 34.1 Å². The van der Waals surface area contributed by atoms with Gasteiger partial charge in [-0.2, -0.15) is 0 Å². The Balaban J connectivity index is 2.26. The highest BCUT2D eigenvalue weighted by atomic mass is 79.9. The van der Waals surface area contributed by atoms with Gasteiger partial charge in [-0.3, -0.25) is 4.79 Å². The van der Waals surface area contributed by atoms with E-state index in [0.717, 1.165) is 10.8 Å². The van der Waals surface area contributed by atoms with E-state index in [2.05, 4.69) is 15.9 Å². The number of aldehydes is 1. The van der Waals surface area contributed by atoms with Crippen LogP contribution in [0, 0.1) is 5.82 Å². The lowest BCUT2D eigenvalue weighted by atomic mass is 10.3. The summed E-state index contributed by atoms with van der Waals surface area (Å²) >= 11 is 4.48. The van der Waals surface area contributed by atoms with Crippen LogP contribution in [0.2, 0.25) is 0 Å². The topological polar surface area (TPSA) is 26.3 Å². The summed E-state index contributed by atoms with van der Waals surface area (Å²) in [5.74, 6) is 0.149. The second-order valence-electron chi connectivity index (χ2n) is 2.98. The van der Waals surface area contributed by atoms with E-state index in [9.17, 15) is 9.18 Å². The number of carbonyl (C=O) groups is 1. The van der Waals surface area contributed by atoms with Crippen LogP contribution < -0.4 is 4.74 Å². The van der Waals surface area contributed by atoms with Gasteiger partial charge in [0.15, 0.2) is 17.9 Å². The lowest BCUT2D eigenvalue weighted by Crippen LogP contribution is -1.86. The summed E-state index contributed by atoms with van der Waals surface area (Å²) < 4.78 is 19.4. The van der Waals surface area contributed by atoms with Gasteiger partial charge in [-0.1, -0.05) is 15.9 Å². The molecule has 5 heteroatoms. The number of halogens is 2. The molecule has 0 bridgehead atoms. The Labute approximate surface area is 104 Å². The monoisotopic (exact) mass is 300 g/mol. The van der Waals surface area contributed by atoms with Gasteiger partial charge in [-0.25, -0.2) is 4.39 Å². The van der Waals surface area contributed by atoms with E-state index in [4.69, 9.17) is 4.74 Å². The molecule has 0 unspecified atom stereocenters. The summed E-state index contributed by atoms with van der Waals surface area (Å²) in [6.07, 6.45) is 0.731. The van der Waals surface area contributed by atoms with Crippen molar-refractivity contribution in [2.24, 2.45) is 0 Å². The second kappa shape index (κ2) is 4.76. The molecule has 2 rings (SSSR count). The van der Waals surface area contributed by atoms with Crippen LogP contribution in [0.1, 0.15) is 9.67 Å². The molecule has 0 spiro atoms. The molecular weight excluding hydrogens is 295 g/mol. The first-order valence-electron chi connectivity index (χ1n) is 4.35. The fraction of sp³-hybridized carbons (Fsp3) is 0. The fourth-order valence-corrected chi connectivity index (χ4v) is 2.08. The number of benzene rings is 1. The van der Waals surface area contributed by atoms with Crippen LogP contribution in [0.5, 0.6) is 11.5 Å². The molecular formula is C11H6BrFO2S. The van der Waals surface area contributed by atoms with Crippen molar-refractivity contribution in [1.29, 1.82) is 0 Å². The third kappa shape index (κ3) is 2.48. The molecule has 0 aliphatic carbocycles. The zero-order valence-electron chi connectivity index (χ0n) is 7.94. The van der Waals surface area contributed by atoms with Gasteiger partial charge in [0.1, 0.15) is 5.75 Å². The van der Waals surface area contributed by atoms with Crippen molar-refractivity contribution in [3.63, 3.8) is 0 Å². The number of carbonyl (C=O) groups excluding carboxylic acids is 1. The fourth-order valence-electron chi connectivity index (χ4n) is 1.13. The maximum Gasteiger partial charge on any atom is 0.165 e. The molecule has 2 nitrogen and oxygen atoms in total. The Morgan fingerprint density at radius 2 is 2.19 bits per heavy atom. The zero-order chi connectivity index (χ0) is 11.5. The number of hydrogen-bond donors (Lipinski definition) is 0. The van der Waals surface area contributed by atoms with E-state index in [0.29, 0.717) is 10.6 Å². The number of thiophene rings is 1. The van der Waals surface area contributed by atoms with E-state index < -0.39 is 5.82 Å². The summed E-state index contributed by atoms with van der Waals surface area (Å²) in [4.78, 5) is 11.0. The highest BCUT2D eigenvalue weighted by molar-refractivity contribution is 9.10. The first-order chi connectivity index (χ1) is 7.69. The molecule has 0 saturated carbocycles. The molecule has 0 radical (unpaired) electrons. The number of hydrogen-bond acceptors (Lipinski definition) is 3. The van der Waals surface area contributed by atoms with Gasteiger partial charge in [-0.15, -0.1) is 11.3 Å². The molecule has 16 heavy (non-hydrogen) atoms. The van der Waals surface area contributed by atoms with Crippen LogP contribution in [0.3, 0.4) is 0 Å². The average Bonchev–Trinajstić information content (AvgIpc) is 2.71. The number of ether oxygens (including phenoxy) is 1. The summed E-state index contributed by atoms with van der Waals surface area (Å²) in [6.45, 7) is 0. The summed E-state index contributed by atoms with van der Waals surface area (Å²) in [7, 11) is 0. The standard InChI is InChI=1S/C11H6BrFO2S/c12-7-1-2-10(13)11(3-7)15-8-4-9(5-14)16-6-8/h1-6H. The highest BCUT2D eigenvalue weighted by Gasteiger charge is 2.07. The van der Waals surface area contributed by atoms with Crippen LogP contribution in [0.4, 0.5) is 4.39 Å². The molecule has 0 saturated heterocycles. The maximum atomic E-state index is 13.3. The normalized spacial score (nSPS) is 10.1. The Morgan fingerprint density at radius 1 is 1.38 bits per heavy atom. The quantitative estimate of drug-likeness (QED) is 0.792. The summed E-state index contributed by atoms with van der Waals surface area (Å²) in [6, 6.07) is 6.00. The Morgan fingerprint density at radius 3 is 2.88 bits per heavy atom. The molecule has 0 aliphatic heterocycles. The minimum atomic E-state index is -0.443. The van der Waals surface area contributed by atoms with Crippen molar-refractivity contribution in [2.75, 3.05) is 0 Å². The third-order valence-electron chi connectivity index (χ3n) is 1.83. The van der Waals surface area contributed by atoms with Gasteiger partial charge in [0, 0.05) is 15.9 Å². The van der Waals surface area contributed by atoms with Crippen LogP contribution >= 0.6 is 27.3 Å². The van der Waals surface area contributed by atoms with Gasteiger partial charge in [-0.05, 0) is 18.2 Å². The molecule has 1 aromatic heterocycles. The van der Waals surface area contributed by atoms with E-state index >= 15 is 0 Å². The number of rotatable bonds is 3. The minimum Gasteiger partial charge on any atom is -0.453 e. The lowest BCUT2D eigenvalue weighted by Gasteiger charge is -2.04. The highest BCUT2D eigenvalue weighted by Crippen LogP contribution is 2.29. The predicted octanol–water partition coefficient (Wildman–Crippen LogP) is 4.25. The van der Waals surface area contributed by atoms with Gasteiger partial charge in [0.2, 0.25) is 0 Å². The van der Waals surface area contributed by atoms with Crippen molar-refractivity contribution < 1.29 is 13.9 Å². The Bertz CT molecular complexity index is 524. The van der Waals surface area contributed by atoms with E-state index in [1.807, 2.05) is 0 Å². The van der Waals surface area contributed by atoms with E-state index in [-0.39, 0.29) is 5.75 Å². The third-order valence-corrected chi connectivity index (χ3v) is 3.16. The van der Waals surface area contributed by atoms with Crippen molar-refractivity contribution in [3.05, 3.63) is 44.8 Å². The molecule has 2 aromatic rings. The molecule has 0 N–H and O–H groups in total. The molecule has 0 amide bonds. The average molecular weight is 301 g/mol. The van der Waals surface area contributed by atoms with E-state index in [1.165, 1.54) is 23.5 Å². The summed E-state index contributed by atoms with van der Waals surface area (Å²) in [5.41, 5.74) is 0. The first-order valence-corrected chi connectivity index (χ1v) is 6.03. The Kier molecular flexibility index (Phi) is 3.36. The molecule has 1 aromatic carbocycles. The van der Waals surface area contributed by atoms with Gasteiger partial charge in [0.05, 0.1) is 4.88 Å². The van der Waals surface area contributed by atoms with Crippen LogP contribution in [-0.2, 0) is 0 Å². The van der Waals surface area contributed by atoms with Crippen molar-refractivity contribution >= 4 is 33.6 Å². The van der Waals surface area contributed by atoms with Crippen molar-refractivity contribution in [1.82, 2.24) is 0 Å². The Hall–Kier alpha value is -1.20. The smallest absolute Gasteiger partial charge is 0.165 e. The maximum absolute atomic E-state index is 13.3. The SMILES string of the molecule is O=Cc1cc(Oc2cc(Br)ccc2F)cs1. The van der Waals surface area contributed by atoms with Crippen LogP contribution in [0.25, 0.3) is 0 Å². The zero-order valence-corrected chi connectivity index (χ0v) is 10.3. The minimum absolute atomic E-state index is 0.129. The van der Waals surface area contributed by atoms with Crippen molar-refractivity contribution in [3.8, 4) is 11.5 Å². The largest absolute Gasteiger partial charge is 0.453 e. The van der Waals surface area contributed by atoms with Gasteiger partial charge in [0.25, 0.3) is 0 Å². The second-order valence-corrected chi connectivity index (χ2v) is 4.84. The van der Waals surface area contributed by atoms with Gasteiger partial charge >= 0.3 is 0 Å². The lowest BCUT2D eigenvalue weighted by molar-refractivity contribution is 0.112. The van der Waals surface area contributed by atoms with E-state index in [1.54, 1.807) is 17.5 Å². The molecule has 0 aliphatic rings. The van der Waals surface area contributed by atoms with Gasteiger partial charge < -0.3 is 4.74 Å². The predicted molar refractivity (Wildman–Crippen MR) is 63.9 cm³/mol. The molecule has 82 valence electrons. The molecule has 0 atom stereocenters. The van der Waals surface area contributed by atoms with Crippen molar-refractivity contribution in [2.45, 2.75) is 0 Å².